The number of rotatable bonds is 2. The predicted octanol–water partition coefficient (Wildman–Crippen LogP) is 2.03. The van der Waals surface area contributed by atoms with Crippen LogP contribution in [0.3, 0.4) is 0 Å². The largest absolute Gasteiger partial charge is 0.508 e. The van der Waals surface area contributed by atoms with Gasteiger partial charge in [0.2, 0.25) is 0 Å². The Morgan fingerprint density at radius 2 is 2.05 bits per heavy atom. The first-order chi connectivity index (χ1) is 9.19. The summed E-state index contributed by atoms with van der Waals surface area (Å²) < 4.78 is 6.70. The lowest BCUT2D eigenvalue weighted by Crippen LogP contribution is -2.14. The summed E-state index contributed by atoms with van der Waals surface area (Å²) in [6.07, 6.45) is 0. The molecule has 1 aromatic heterocycles. The van der Waals surface area contributed by atoms with E-state index >= 15 is 0 Å². The second-order valence-electron chi connectivity index (χ2n) is 4.17. The smallest absolute Gasteiger partial charge is 0.331 e. The van der Waals surface area contributed by atoms with Crippen molar-refractivity contribution in [1.29, 1.82) is 0 Å². The molecule has 5 nitrogen and oxygen atoms in total. The number of phenolic OH excluding ortho intramolecular Hbond substituents is 1. The van der Waals surface area contributed by atoms with E-state index in [1.165, 1.54) is 10.6 Å². The normalized spacial score (nSPS) is 10.8. The zero-order valence-electron chi connectivity index (χ0n) is 10.3. The van der Waals surface area contributed by atoms with Crippen molar-refractivity contribution in [2.75, 3.05) is 7.11 Å². The molecular weight excluding hydrogens is 244 g/mol. The minimum absolute atomic E-state index is 0.117. The molecule has 0 radical (unpaired) electrons. The van der Waals surface area contributed by atoms with Gasteiger partial charge in [-0.15, -0.1) is 0 Å². The number of methoxy groups -OCH3 is 1. The Kier molecular flexibility index (Phi) is 2.52. The summed E-state index contributed by atoms with van der Waals surface area (Å²) in [5.41, 5.74) is 1.75. The van der Waals surface area contributed by atoms with E-state index < -0.39 is 0 Å². The quantitative estimate of drug-likeness (QED) is 0.737. The van der Waals surface area contributed by atoms with Gasteiger partial charge >= 0.3 is 5.69 Å². The number of nitrogens with zero attached hydrogens (tertiary/aromatic N) is 1. The van der Waals surface area contributed by atoms with Gasteiger partial charge in [-0.25, -0.2) is 4.79 Å². The van der Waals surface area contributed by atoms with Crippen LogP contribution in [0.25, 0.3) is 16.7 Å². The third-order valence-corrected chi connectivity index (χ3v) is 2.98. The van der Waals surface area contributed by atoms with Crippen molar-refractivity contribution in [3.05, 3.63) is 52.9 Å². The van der Waals surface area contributed by atoms with Crippen molar-refractivity contribution < 1.29 is 9.84 Å². The van der Waals surface area contributed by atoms with Crippen LogP contribution in [0.15, 0.2) is 47.3 Å². The van der Waals surface area contributed by atoms with Crippen molar-refractivity contribution in [3.8, 4) is 17.2 Å². The van der Waals surface area contributed by atoms with E-state index in [2.05, 4.69) is 4.98 Å². The molecule has 0 unspecified atom stereocenters. The van der Waals surface area contributed by atoms with Gasteiger partial charge in [0.1, 0.15) is 11.5 Å². The lowest BCUT2D eigenvalue weighted by Gasteiger charge is -2.05. The van der Waals surface area contributed by atoms with Crippen molar-refractivity contribution in [2.45, 2.75) is 0 Å². The number of phenols is 1. The number of hydrogen-bond donors (Lipinski definition) is 2. The molecule has 0 aliphatic rings. The lowest BCUT2D eigenvalue weighted by atomic mass is 10.2. The van der Waals surface area contributed by atoms with Gasteiger partial charge in [0.05, 0.1) is 23.8 Å². The first kappa shape index (κ1) is 11.4. The Bertz CT molecular complexity index is 802. The topological polar surface area (TPSA) is 67.2 Å². The van der Waals surface area contributed by atoms with Crippen molar-refractivity contribution in [2.24, 2.45) is 0 Å². The number of aromatic hydroxyl groups is 1. The van der Waals surface area contributed by atoms with Crippen LogP contribution >= 0.6 is 0 Å². The molecule has 96 valence electrons. The number of nitrogens with one attached hydrogen (secondary N) is 1. The number of aromatic amines is 1. The Labute approximate surface area is 108 Å². The van der Waals surface area contributed by atoms with Crippen LogP contribution in [0.4, 0.5) is 0 Å². The molecule has 0 aliphatic heterocycles. The lowest BCUT2D eigenvalue weighted by molar-refractivity contribution is 0.414. The molecule has 0 bridgehead atoms. The van der Waals surface area contributed by atoms with Gasteiger partial charge in [0.25, 0.3) is 0 Å². The molecule has 1 heterocycles. The zero-order valence-corrected chi connectivity index (χ0v) is 10.3. The highest BCUT2D eigenvalue weighted by molar-refractivity contribution is 5.78. The van der Waals surface area contributed by atoms with Crippen LogP contribution in [0.1, 0.15) is 0 Å². The maximum Gasteiger partial charge on any atom is 0.331 e. The number of aromatic nitrogens is 2. The average Bonchev–Trinajstić information content (AvgIpc) is 2.73. The molecule has 0 aliphatic carbocycles. The van der Waals surface area contributed by atoms with E-state index in [9.17, 15) is 9.90 Å². The van der Waals surface area contributed by atoms with E-state index in [1.807, 2.05) is 18.2 Å². The Hall–Kier alpha value is -2.69. The van der Waals surface area contributed by atoms with E-state index in [1.54, 1.807) is 25.3 Å². The molecule has 0 amide bonds. The van der Waals surface area contributed by atoms with Crippen LogP contribution in [-0.4, -0.2) is 21.8 Å². The molecular formula is C14H12N2O3. The minimum atomic E-state index is -0.256. The molecule has 3 aromatic rings. The van der Waals surface area contributed by atoms with Crippen LogP contribution in [0, 0.1) is 0 Å². The van der Waals surface area contributed by atoms with Gasteiger partial charge in [-0.2, -0.15) is 0 Å². The highest BCUT2D eigenvalue weighted by Crippen LogP contribution is 2.22. The van der Waals surface area contributed by atoms with Gasteiger partial charge in [0, 0.05) is 12.1 Å². The van der Waals surface area contributed by atoms with E-state index in [-0.39, 0.29) is 11.4 Å². The minimum Gasteiger partial charge on any atom is -0.508 e. The van der Waals surface area contributed by atoms with Crippen LogP contribution < -0.4 is 10.4 Å². The molecule has 0 saturated heterocycles. The van der Waals surface area contributed by atoms with Gasteiger partial charge in [-0.1, -0.05) is 6.07 Å². The van der Waals surface area contributed by atoms with Crippen molar-refractivity contribution in [3.63, 3.8) is 0 Å². The molecule has 2 N–H and O–H groups in total. The summed E-state index contributed by atoms with van der Waals surface area (Å²) in [6, 6.07) is 12.0. The van der Waals surface area contributed by atoms with Gasteiger partial charge in [0.15, 0.2) is 0 Å². The maximum atomic E-state index is 12.0. The first-order valence-corrected chi connectivity index (χ1v) is 5.77. The van der Waals surface area contributed by atoms with Gasteiger partial charge < -0.3 is 14.8 Å². The number of imidazole rings is 1. The maximum absolute atomic E-state index is 12.0. The highest BCUT2D eigenvalue weighted by Gasteiger charge is 2.09. The predicted molar refractivity (Wildman–Crippen MR) is 72.1 cm³/mol. The van der Waals surface area contributed by atoms with Crippen LogP contribution in [-0.2, 0) is 0 Å². The van der Waals surface area contributed by atoms with Gasteiger partial charge in [-0.3, -0.25) is 4.57 Å². The molecule has 19 heavy (non-hydrogen) atoms. The molecule has 0 fully saturated rings. The molecule has 0 spiro atoms. The van der Waals surface area contributed by atoms with E-state index in [0.29, 0.717) is 22.5 Å². The third-order valence-electron chi connectivity index (χ3n) is 2.98. The fraction of sp³-hybridized carbons (Fsp3) is 0.0714. The average molecular weight is 256 g/mol. The van der Waals surface area contributed by atoms with Crippen LogP contribution in [0.2, 0.25) is 0 Å². The SMILES string of the molecule is COc1cccc(-n2c(=O)[nH]c3cc(O)ccc32)c1. The Balaban J connectivity index is 2.29. The van der Waals surface area contributed by atoms with E-state index in [0.717, 1.165) is 0 Å². The Morgan fingerprint density at radius 1 is 1.21 bits per heavy atom. The number of hydrogen-bond acceptors (Lipinski definition) is 3. The second-order valence-corrected chi connectivity index (χ2v) is 4.17. The standard InChI is InChI=1S/C14H12N2O3/c1-19-11-4-2-3-9(7-11)16-13-6-5-10(17)8-12(13)15-14(16)18/h2-8,17H,1H3,(H,15,18). The fourth-order valence-corrected chi connectivity index (χ4v) is 2.11. The van der Waals surface area contributed by atoms with E-state index in [4.69, 9.17) is 4.74 Å². The summed E-state index contributed by atoms with van der Waals surface area (Å²) in [5, 5.41) is 9.43. The molecule has 5 heteroatoms. The third kappa shape index (κ3) is 1.85. The zero-order chi connectivity index (χ0) is 13.4. The summed E-state index contributed by atoms with van der Waals surface area (Å²) >= 11 is 0. The van der Waals surface area contributed by atoms with Crippen molar-refractivity contribution >= 4 is 11.0 Å². The van der Waals surface area contributed by atoms with Gasteiger partial charge in [-0.05, 0) is 24.3 Å². The molecule has 0 atom stereocenters. The molecule has 2 aromatic carbocycles. The number of H-pyrrole nitrogens is 1. The number of fused-ring (bicyclic) bond motifs is 1. The molecule has 0 saturated carbocycles. The molecule has 3 rings (SSSR count). The summed E-state index contributed by atoms with van der Waals surface area (Å²) in [6.45, 7) is 0. The number of benzene rings is 2. The van der Waals surface area contributed by atoms with Crippen molar-refractivity contribution in [1.82, 2.24) is 9.55 Å². The van der Waals surface area contributed by atoms with Crippen LogP contribution in [0.5, 0.6) is 11.5 Å². The summed E-state index contributed by atoms with van der Waals surface area (Å²) in [5.74, 6) is 0.795. The fourth-order valence-electron chi connectivity index (χ4n) is 2.11. The number of ether oxygens (including phenoxy) is 1. The Morgan fingerprint density at radius 3 is 2.84 bits per heavy atom. The highest BCUT2D eigenvalue weighted by atomic mass is 16.5. The monoisotopic (exact) mass is 256 g/mol. The summed E-state index contributed by atoms with van der Waals surface area (Å²) in [4.78, 5) is 14.7. The summed E-state index contributed by atoms with van der Waals surface area (Å²) in [7, 11) is 1.58. The second kappa shape index (κ2) is 4.20. The first-order valence-electron chi connectivity index (χ1n) is 5.77.